The second kappa shape index (κ2) is 4.13. The summed E-state index contributed by atoms with van der Waals surface area (Å²) in [5.74, 6) is 1.21. The molecule has 0 aliphatic carbocycles. The fourth-order valence-corrected chi connectivity index (χ4v) is 2.19. The third-order valence-corrected chi connectivity index (χ3v) is 3.38. The lowest BCUT2D eigenvalue weighted by Crippen LogP contribution is -2.02. The van der Waals surface area contributed by atoms with Crippen LogP contribution in [0.2, 0.25) is 0 Å². The third-order valence-electron chi connectivity index (χ3n) is 2.22. The summed E-state index contributed by atoms with van der Waals surface area (Å²) in [6, 6.07) is 0. The summed E-state index contributed by atoms with van der Waals surface area (Å²) in [5.41, 5.74) is 6.70. The molecule has 84 valence electrons. The number of aromatic nitrogens is 4. The summed E-state index contributed by atoms with van der Waals surface area (Å²) in [6.45, 7) is 3.75. The molecule has 0 unspecified atom stereocenters. The maximum Gasteiger partial charge on any atom is 0.174 e. The van der Waals surface area contributed by atoms with Crippen molar-refractivity contribution in [3.8, 4) is 0 Å². The van der Waals surface area contributed by atoms with E-state index in [1.165, 1.54) is 11.8 Å². The monoisotopic (exact) mass is 235 g/mol. The maximum absolute atomic E-state index is 5.80. The van der Waals surface area contributed by atoms with Crippen LogP contribution in [-0.4, -0.2) is 19.5 Å². The lowest BCUT2D eigenvalue weighted by Gasteiger charge is -2.07. The minimum Gasteiger partial charge on any atom is -0.383 e. The van der Waals surface area contributed by atoms with Gasteiger partial charge in [0.15, 0.2) is 5.16 Å². The molecule has 2 aromatic rings. The zero-order chi connectivity index (χ0) is 11.7. The van der Waals surface area contributed by atoms with E-state index >= 15 is 0 Å². The summed E-state index contributed by atoms with van der Waals surface area (Å²) < 4.78 is 1.94. The lowest BCUT2D eigenvalue weighted by molar-refractivity contribution is 0.787. The zero-order valence-electron chi connectivity index (χ0n) is 9.43. The Balaban J connectivity index is 2.38. The van der Waals surface area contributed by atoms with E-state index in [9.17, 15) is 0 Å². The van der Waals surface area contributed by atoms with E-state index in [0.29, 0.717) is 11.6 Å². The van der Waals surface area contributed by atoms with Gasteiger partial charge in [-0.2, -0.15) is 0 Å². The lowest BCUT2D eigenvalue weighted by atomic mass is 10.3. The molecule has 0 fully saturated rings. The maximum atomic E-state index is 5.80. The first-order valence-corrected chi connectivity index (χ1v) is 5.65. The predicted molar refractivity (Wildman–Crippen MR) is 63.2 cm³/mol. The van der Waals surface area contributed by atoms with Crippen molar-refractivity contribution < 1.29 is 0 Å². The number of anilines is 1. The standard InChI is InChI=1S/C10H13N5S/c1-6-8(11)13-7(2)14-9(6)16-10-12-4-5-15(10)3/h4-5H,1-3H3,(H2,11,13,14). The van der Waals surface area contributed by atoms with Crippen molar-refractivity contribution in [2.24, 2.45) is 7.05 Å². The third kappa shape index (κ3) is 2.01. The first-order valence-electron chi connectivity index (χ1n) is 4.84. The largest absolute Gasteiger partial charge is 0.383 e. The highest BCUT2D eigenvalue weighted by atomic mass is 32.2. The molecule has 6 heteroatoms. The van der Waals surface area contributed by atoms with Gasteiger partial charge >= 0.3 is 0 Å². The Kier molecular flexibility index (Phi) is 2.82. The van der Waals surface area contributed by atoms with Crippen LogP contribution in [0.1, 0.15) is 11.4 Å². The predicted octanol–water partition coefficient (Wildman–Crippen LogP) is 1.56. The van der Waals surface area contributed by atoms with Crippen LogP contribution in [0, 0.1) is 13.8 Å². The highest BCUT2D eigenvalue weighted by Gasteiger charge is 2.10. The van der Waals surface area contributed by atoms with Crippen LogP contribution < -0.4 is 5.73 Å². The van der Waals surface area contributed by atoms with Gasteiger partial charge in [0.05, 0.1) is 0 Å². The Labute approximate surface area is 98.1 Å². The number of aryl methyl sites for hydroxylation is 2. The molecular formula is C10H13N5S. The molecule has 0 atom stereocenters. The van der Waals surface area contributed by atoms with E-state index in [1.807, 2.05) is 31.7 Å². The minimum atomic E-state index is 0.532. The van der Waals surface area contributed by atoms with Crippen molar-refractivity contribution in [1.82, 2.24) is 19.5 Å². The Bertz CT molecular complexity index is 520. The zero-order valence-corrected chi connectivity index (χ0v) is 10.2. The molecule has 2 rings (SSSR count). The molecule has 0 spiro atoms. The molecule has 2 N–H and O–H groups in total. The van der Waals surface area contributed by atoms with Gasteiger partial charge in [-0.25, -0.2) is 15.0 Å². The second-order valence-corrected chi connectivity index (χ2v) is 4.46. The van der Waals surface area contributed by atoms with E-state index in [1.54, 1.807) is 6.20 Å². The Morgan fingerprint density at radius 3 is 2.69 bits per heavy atom. The Hall–Kier alpha value is -1.56. The van der Waals surface area contributed by atoms with E-state index in [0.717, 1.165) is 15.7 Å². The molecule has 16 heavy (non-hydrogen) atoms. The fourth-order valence-electron chi connectivity index (χ4n) is 1.26. The van der Waals surface area contributed by atoms with Gasteiger partial charge in [-0.1, -0.05) is 0 Å². The summed E-state index contributed by atoms with van der Waals surface area (Å²) >= 11 is 1.50. The average molecular weight is 235 g/mol. The molecule has 0 saturated carbocycles. The number of imidazole rings is 1. The molecule has 2 heterocycles. The van der Waals surface area contributed by atoms with Crippen molar-refractivity contribution >= 4 is 17.6 Å². The summed E-state index contributed by atoms with van der Waals surface area (Å²) in [7, 11) is 1.95. The number of nitrogens with zero attached hydrogens (tertiary/aromatic N) is 4. The minimum absolute atomic E-state index is 0.532. The van der Waals surface area contributed by atoms with Gasteiger partial charge in [0.1, 0.15) is 16.7 Å². The number of hydrogen-bond acceptors (Lipinski definition) is 5. The van der Waals surface area contributed by atoms with Gasteiger partial charge < -0.3 is 10.3 Å². The van der Waals surface area contributed by atoms with Crippen LogP contribution in [0.4, 0.5) is 5.82 Å². The molecule has 0 radical (unpaired) electrons. The fraction of sp³-hybridized carbons (Fsp3) is 0.300. The molecule has 0 aliphatic rings. The summed E-state index contributed by atoms with van der Waals surface area (Å²) in [4.78, 5) is 12.7. The number of hydrogen-bond donors (Lipinski definition) is 1. The van der Waals surface area contributed by atoms with Gasteiger partial charge in [0.25, 0.3) is 0 Å². The van der Waals surface area contributed by atoms with E-state index < -0.39 is 0 Å². The summed E-state index contributed by atoms with van der Waals surface area (Å²) in [6.07, 6.45) is 3.66. The first kappa shape index (κ1) is 10.9. The van der Waals surface area contributed by atoms with Crippen molar-refractivity contribution in [2.45, 2.75) is 24.0 Å². The first-order chi connectivity index (χ1) is 7.58. The van der Waals surface area contributed by atoms with Gasteiger partial charge in [0, 0.05) is 25.0 Å². The van der Waals surface area contributed by atoms with Gasteiger partial charge in [-0.3, -0.25) is 0 Å². The quantitative estimate of drug-likeness (QED) is 0.800. The summed E-state index contributed by atoms with van der Waals surface area (Å²) in [5, 5.41) is 1.75. The van der Waals surface area contributed by atoms with E-state index in [4.69, 9.17) is 5.73 Å². The van der Waals surface area contributed by atoms with Gasteiger partial charge in [0.2, 0.25) is 0 Å². The number of rotatable bonds is 2. The molecule has 0 saturated heterocycles. The molecule has 2 aromatic heterocycles. The molecule has 0 bridgehead atoms. The topological polar surface area (TPSA) is 69.6 Å². The van der Waals surface area contributed by atoms with Crippen molar-refractivity contribution in [3.63, 3.8) is 0 Å². The van der Waals surface area contributed by atoms with Crippen LogP contribution in [0.15, 0.2) is 22.6 Å². The van der Waals surface area contributed by atoms with Crippen molar-refractivity contribution in [3.05, 3.63) is 23.8 Å². The Morgan fingerprint density at radius 2 is 2.06 bits per heavy atom. The molecular weight excluding hydrogens is 222 g/mol. The van der Waals surface area contributed by atoms with Gasteiger partial charge in [-0.15, -0.1) is 0 Å². The average Bonchev–Trinajstić information content (AvgIpc) is 2.60. The normalized spacial score (nSPS) is 10.7. The number of nitrogen functional groups attached to an aromatic ring is 1. The van der Waals surface area contributed by atoms with Crippen LogP contribution >= 0.6 is 11.8 Å². The van der Waals surface area contributed by atoms with Crippen LogP contribution in [0.3, 0.4) is 0 Å². The van der Waals surface area contributed by atoms with Crippen LogP contribution in [-0.2, 0) is 7.05 Å². The van der Waals surface area contributed by atoms with Crippen molar-refractivity contribution in [1.29, 1.82) is 0 Å². The number of nitrogens with two attached hydrogens (primary N) is 1. The van der Waals surface area contributed by atoms with Crippen LogP contribution in [0.5, 0.6) is 0 Å². The molecule has 0 aliphatic heterocycles. The Morgan fingerprint density at radius 1 is 1.31 bits per heavy atom. The SMILES string of the molecule is Cc1nc(N)c(C)c(Sc2nccn2C)n1. The molecule has 0 aromatic carbocycles. The highest BCUT2D eigenvalue weighted by molar-refractivity contribution is 7.99. The highest BCUT2D eigenvalue weighted by Crippen LogP contribution is 2.28. The second-order valence-electron chi connectivity index (χ2n) is 3.51. The van der Waals surface area contributed by atoms with Crippen LogP contribution in [0.25, 0.3) is 0 Å². The van der Waals surface area contributed by atoms with Crippen molar-refractivity contribution in [2.75, 3.05) is 5.73 Å². The van der Waals surface area contributed by atoms with Gasteiger partial charge in [-0.05, 0) is 25.6 Å². The smallest absolute Gasteiger partial charge is 0.174 e. The molecule has 5 nitrogen and oxygen atoms in total. The molecule has 0 amide bonds. The van der Waals surface area contributed by atoms with E-state index in [2.05, 4.69) is 15.0 Å². The van der Waals surface area contributed by atoms with E-state index in [-0.39, 0.29) is 0 Å².